The molecule has 2 fully saturated rings. The molecule has 1 amide bonds. The second-order valence-electron chi connectivity index (χ2n) is 10.7. The van der Waals surface area contributed by atoms with Crippen molar-refractivity contribution in [3.8, 4) is 6.07 Å². The Labute approximate surface area is 204 Å². The SMILES string of the molecule is CC1CCN(c2cc(C3(CCCCN(C)C)CCC3)ccc2NC(=O)c2cc(C#N)c[nH]2)CC1. The van der Waals surface area contributed by atoms with Crippen LogP contribution >= 0.6 is 0 Å². The lowest BCUT2D eigenvalue weighted by atomic mass is 9.62. The summed E-state index contributed by atoms with van der Waals surface area (Å²) in [7, 11) is 4.29. The second kappa shape index (κ2) is 10.7. The fraction of sp³-hybridized carbons (Fsp3) is 0.571. The van der Waals surface area contributed by atoms with Crippen LogP contribution in [0.3, 0.4) is 0 Å². The third-order valence-corrected chi connectivity index (χ3v) is 7.86. The maximum absolute atomic E-state index is 12.9. The Bertz CT molecular complexity index is 1020. The molecule has 2 heterocycles. The number of aromatic nitrogens is 1. The third kappa shape index (κ3) is 5.47. The standard InChI is InChI=1S/C28H39N5O/c1-21-9-15-33(16-10-21)26-18-23(28(12-6-13-28)11-4-5-14-32(2)3)7-8-24(26)31-27(34)25-17-22(19-29)20-30-25/h7-8,17-18,20-21,30H,4-6,9-16H2,1-3H3,(H,31,34). The molecular formula is C28H39N5O. The molecule has 0 spiro atoms. The minimum Gasteiger partial charge on any atom is -0.370 e. The number of amides is 1. The first-order valence-electron chi connectivity index (χ1n) is 12.8. The fourth-order valence-electron chi connectivity index (χ4n) is 5.44. The zero-order chi connectivity index (χ0) is 24.1. The second-order valence-corrected chi connectivity index (χ2v) is 10.7. The van der Waals surface area contributed by atoms with Gasteiger partial charge < -0.3 is 20.1 Å². The molecule has 0 radical (unpaired) electrons. The van der Waals surface area contributed by atoms with Gasteiger partial charge in [-0.3, -0.25) is 4.79 Å². The lowest BCUT2D eigenvalue weighted by Crippen LogP contribution is -2.36. The van der Waals surface area contributed by atoms with Crippen LogP contribution in [0.25, 0.3) is 0 Å². The predicted octanol–water partition coefficient (Wildman–Crippen LogP) is 5.53. The summed E-state index contributed by atoms with van der Waals surface area (Å²) in [6.07, 6.45) is 11.5. The van der Waals surface area contributed by atoms with Gasteiger partial charge in [-0.05, 0) is 94.3 Å². The van der Waals surface area contributed by atoms with E-state index in [4.69, 9.17) is 5.26 Å². The number of benzene rings is 1. The first-order valence-corrected chi connectivity index (χ1v) is 12.8. The maximum atomic E-state index is 12.9. The molecule has 2 N–H and O–H groups in total. The van der Waals surface area contributed by atoms with Gasteiger partial charge >= 0.3 is 0 Å². The van der Waals surface area contributed by atoms with Crippen LogP contribution in [0.4, 0.5) is 11.4 Å². The Kier molecular flexibility index (Phi) is 7.63. The Morgan fingerprint density at radius 2 is 2.00 bits per heavy atom. The van der Waals surface area contributed by atoms with Crippen molar-refractivity contribution in [3.05, 3.63) is 47.3 Å². The topological polar surface area (TPSA) is 75.2 Å². The highest BCUT2D eigenvalue weighted by atomic mass is 16.1. The van der Waals surface area contributed by atoms with E-state index < -0.39 is 0 Å². The van der Waals surface area contributed by atoms with Gasteiger partial charge in [-0.25, -0.2) is 0 Å². The maximum Gasteiger partial charge on any atom is 0.272 e. The van der Waals surface area contributed by atoms with E-state index in [1.165, 1.54) is 56.9 Å². The summed E-state index contributed by atoms with van der Waals surface area (Å²) in [6.45, 7) is 5.50. The number of anilines is 2. The van der Waals surface area contributed by atoms with Crippen molar-refractivity contribution in [1.29, 1.82) is 5.26 Å². The largest absolute Gasteiger partial charge is 0.370 e. The summed E-state index contributed by atoms with van der Waals surface area (Å²) < 4.78 is 0. The smallest absolute Gasteiger partial charge is 0.272 e. The van der Waals surface area contributed by atoms with Crippen molar-refractivity contribution >= 4 is 17.3 Å². The van der Waals surface area contributed by atoms with Gasteiger partial charge in [0.1, 0.15) is 11.8 Å². The minimum atomic E-state index is -0.206. The summed E-state index contributed by atoms with van der Waals surface area (Å²) >= 11 is 0. The van der Waals surface area contributed by atoms with E-state index in [2.05, 4.69) is 65.4 Å². The zero-order valence-electron chi connectivity index (χ0n) is 21.0. The average molecular weight is 462 g/mol. The molecule has 1 aromatic heterocycles. The van der Waals surface area contributed by atoms with Gasteiger partial charge in [0.25, 0.3) is 5.91 Å². The summed E-state index contributed by atoms with van der Waals surface area (Å²) in [5, 5.41) is 12.2. The van der Waals surface area contributed by atoms with E-state index in [0.29, 0.717) is 11.3 Å². The molecule has 0 unspecified atom stereocenters. The first kappa shape index (κ1) is 24.3. The Hall–Kier alpha value is -2.78. The van der Waals surface area contributed by atoms with Crippen LogP contribution in [-0.4, -0.2) is 49.5 Å². The number of carbonyl (C=O) groups excluding carboxylic acids is 1. The molecule has 1 aliphatic carbocycles. The van der Waals surface area contributed by atoms with Gasteiger partial charge in [0.15, 0.2) is 0 Å². The van der Waals surface area contributed by atoms with Gasteiger partial charge in [0.05, 0.1) is 16.9 Å². The minimum absolute atomic E-state index is 0.206. The normalized spacial score (nSPS) is 17.9. The van der Waals surface area contributed by atoms with E-state index in [0.717, 1.165) is 36.9 Å². The number of nitriles is 1. The van der Waals surface area contributed by atoms with Crippen LogP contribution in [0.1, 0.15) is 79.9 Å². The number of hydrogen-bond donors (Lipinski definition) is 2. The Morgan fingerprint density at radius 3 is 2.62 bits per heavy atom. The number of H-pyrrole nitrogens is 1. The Morgan fingerprint density at radius 1 is 1.24 bits per heavy atom. The van der Waals surface area contributed by atoms with E-state index in [1.54, 1.807) is 12.3 Å². The van der Waals surface area contributed by atoms with Crippen molar-refractivity contribution in [2.45, 2.75) is 63.7 Å². The molecule has 1 saturated carbocycles. The van der Waals surface area contributed by atoms with Crippen molar-refractivity contribution in [2.24, 2.45) is 5.92 Å². The predicted molar refractivity (Wildman–Crippen MR) is 138 cm³/mol. The Balaban J connectivity index is 1.57. The van der Waals surface area contributed by atoms with Gasteiger partial charge in [0, 0.05) is 19.3 Å². The summed E-state index contributed by atoms with van der Waals surface area (Å²) in [5.74, 6) is 0.540. The highest BCUT2D eigenvalue weighted by Crippen LogP contribution is 2.49. The third-order valence-electron chi connectivity index (χ3n) is 7.86. The lowest BCUT2D eigenvalue weighted by molar-refractivity contribution is 0.102. The number of aromatic amines is 1. The molecule has 4 rings (SSSR count). The van der Waals surface area contributed by atoms with E-state index >= 15 is 0 Å². The van der Waals surface area contributed by atoms with Crippen LogP contribution < -0.4 is 10.2 Å². The van der Waals surface area contributed by atoms with E-state index in [9.17, 15) is 4.79 Å². The number of rotatable bonds is 9. The van der Waals surface area contributed by atoms with Crippen LogP contribution in [0.15, 0.2) is 30.5 Å². The molecular weight excluding hydrogens is 422 g/mol. The number of carbonyl (C=O) groups is 1. The average Bonchev–Trinajstić information content (AvgIpc) is 3.28. The quantitative estimate of drug-likeness (QED) is 0.482. The highest BCUT2D eigenvalue weighted by molar-refractivity contribution is 6.05. The molecule has 6 heteroatoms. The molecule has 0 atom stereocenters. The molecule has 2 aromatic rings. The molecule has 0 bridgehead atoms. The summed E-state index contributed by atoms with van der Waals surface area (Å²) in [6, 6.07) is 10.4. The van der Waals surface area contributed by atoms with E-state index in [1.807, 2.05) is 0 Å². The summed E-state index contributed by atoms with van der Waals surface area (Å²) in [4.78, 5) is 20.6. The number of hydrogen-bond acceptors (Lipinski definition) is 4. The van der Waals surface area contributed by atoms with Crippen molar-refractivity contribution in [2.75, 3.05) is 43.9 Å². The van der Waals surface area contributed by atoms with Crippen LogP contribution in [0, 0.1) is 17.2 Å². The molecule has 34 heavy (non-hydrogen) atoms. The van der Waals surface area contributed by atoms with Crippen LogP contribution in [0.2, 0.25) is 0 Å². The number of unbranched alkanes of at least 4 members (excludes halogenated alkanes) is 1. The van der Waals surface area contributed by atoms with Gasteiger partial charge in [-0.15, -0.1) is 0 Å². The van der Waals surface area contributed by atoms with Crippen LogP contribution in [-0.2, 0) is 5.41 Å². The zero-order valence-corrected chi connectivity index (χ0v) is 21.0. The van der Waals surface area contributed by atoms with E-state index in [-0.39, 0.29) is 11.3 Å². The first-order chi connectivity index (χ1) is 16.4. The summed E-state index contributed by atoms with van der Waals surface area (Å²) in [5.41, 5.74) is 4.60. The van der Waals surface area contributed by atoms with Crippen LogP contribution in [0.5, 0.6) is 0 Å². The van der Waals surface area contributed by atoms with Gasteiger partial charge in [0.2, 0.25) is 0 Å². The lowest BCUT2D eigenvalue weighted by Gasteiger charge is -2.44. The molecule has 1 aromatic carbocycles. The van der Waals surface area contributed by atoms with Crippen molar-refractivity contribution in [3.63, 3.8) is 0 Å². The fourth-order valence-corrected chi connectivity index (χ4v) is 5.44. The number of nitrogens with zero attached hydrogens (tertiary/aromatic N) is 3. The molecule has 6 nitrogen and oxygen atoms in total. The monoisotopic (exact) mass is 461 g/mol. The molecule has 1 aliphatic heterocycles. The van der Waals surface area contributed by atoms with Gasteiger partial charge in [-0.1, -0.05) is 25.8 Å². The molecule has 1 saturated heterocycles. The number of nitrogens with one attached hydrogen (secondary N) is 2. The van der Waals surface area contributed by atoms with Crippen molar-refractivity contribution in [1.82, 2.24) is 9.88 Å². The highest BCUT2D eigenvalue weighted by Gasteiger charge is 2.38. The number of piperidine rings is 1. The van der Waals surface area contributed by atoms with Gasteiger partial charge in [-0.2, -0.15) is 5.26 Å². The molecule has 182 valence electrons. The van der Waals surface area contributed by atoms with Crippen molar-refractivity contribution < 1.29 is 4.79 Å². The molecule has 2 aliphatic rings.